The molecule has 98 valence electrons. The van der Waals surface area contributed by atoms with Crippen molar-refractivity contribution in [3.63, 3.8) is 0 Å². The van der Waals surface area contributed by atoms with Gasteiger partial charge in [-0.15, -0.1) is 0 Å². The predicted molar refractivity (Wildman–Crippen MR) is 71.4 cm³/mol. The Hall–Kier alpha value is -1.75. The summed E-state index contributed by atoms with van der Waals surface area (Å²) in [7, 11) is 0. The number of carbonyl (C=O) groups excluding carboxylic acids is 1. The van der Waals surface area contributed by atoms with Gasteiger partial charge in [-0.05, 0) is 30.5 Å². The van der Waals surface area contributed by atoms with Crippen molar-refractivity contribution in [1.29, 1.82) is 0 Å². The molecular weight excluding hydrogens is 230 g/mol. The van der Waals surface area contributed by atoms with Gasteiger partial charge in [-0.2, -0.15) is 0 Å². The number of primary amides is 1. The second-order valence-electron chi connectivity index (χ2n) is 4.85. The van der Waals surface area contributed by atoms with Crippen LogP contribution in [0.1, 0.15) is 23.7 Å². The monoisotopic (exact) mass is 249 g/mol. The van der Waals surface area contributed by atoms with Gasteiger partial charge in [-0.3, -0.25) is 4.79 Å². The maximum Gasteiger partial charge on any atom is 0.250 e. The van der Waals surface area contributed by atoms with Crippen LogP contribution in [-0.2, 0) is 0 Å². The lowest BCUT2D eigenvalue weighted by atomic mass is 10.0. The van der Waals surface area contributed by atoms with E-state index < -0.39 is 5.91 Å². The molecule has 0 spiro atoms. The third-order valence-corrected chi connectivity index (χ3v) is 3.67. The second-order valence-corrected chi connectivity index (χ2v) is 4.85. The highest BCUT2D eigenvalue weighted by atomic mass is 16.3. The number of nitrogens with zero attached hydrogens (tertiary/aromatic N) is 1. The molecule has 1 amide bonds. The highest BCUT2D eigenvalue weighted by Gasteiger charge is 2.32. The van der Waals surface area contributed by atoms with Crippen LogP contribution in [0.4, 0.5) is 11.4 Å². The van der Waals surface area contributed by atoms with E-state index in [4.69, 9.17) is 11.5 Å². The molecule has 1 saturated heterocycles. The summed E-state index contributed by atoms with van der Waals surface area (Å²) < 4.78 is 0. The van der Waals surface area contributed by atoms with Crippen molar-refractivity contribution in [2.24, 2.45) is 11.7 Å². The first kappa shape index (κ1) is 12.7. The molecule has 18 heavy (non-hydrogen) atoms. The third-order valence-electron chi connectivity index (χ3n) is 3.67. The van der Waals surface area contributed by atoms with Crippen LogP contribution in [-0.4, -0.2) is 30.2 Å². The average molecular weight is 249 g/mol. The zero-order valence-corrected chi connectivity index (χ0v) is 10.5. The van der Waals surface area contributed by atoms with E-state index in [1.165, 1.54) is 0 Å². The first-order chi connectivity index (χ1) is 8.54. The van der Waals surface area contributed by atoms with E-state index in [-0.39, 0.29) is 12.6 Å². The van der Waals surface area contributed by atoms with Gasteiger partial charge in [0.05, 0.1) is 18.2 Å². The lowest BCUT2D eigenvalue weighted by Gasteiger charge is -2.28. The number of hydrogen-bond donors (Lipinski definition) is 3. The van der Waals surface area contributed by atoms with E-state index in [9.17, 15) is 9.90 Å². The van der Waals surface area contributed by atoms with E-state index in [0.717, 1.165) is 18.7 Å². The minimum absolute atomic E-state index is 0.0340. The first-order valence-electron chi connectivity index (χ1n) is 6.11. The zero-order valence-electron chi connectivity index (χ0n) is 10.5. The van der Waals surface area contributed by atoms with Crippen LogP contribution in [0.15, 0.2) is 18.2 Å². The van der Waals surface area contributed by atoms with Crippen molar-refractivity contribution in [2.45, 2.75) is 19.4 Å². The molecule has 1 aliphatic heterocycles. The minimum atomic E-state index is -0.492. The van der Waals surface area contributed by atoms with Gasteiger partial charge >= 0.3 is 0 Å². The molecule has 1 heterocycles. The number of nitrogens with two attached hydrogens (primary N) is 2. The number of amides is 1. The molecule has 0 bridgehead atoms. The van der Waals surface area contributed by atoms with E-state index in [1.54, 1.807) is 18.2 Å². The van der Waals surface area contributed by atoms with Crippen molar-refractivity contribution < 1.29 is 9.90 Å². The Kier molecular flexibility index (Phi) is 3.43. The van der Waals surface area contributed by atoms with E-state index in [1.807, 2.05) is 4.90 Å². The number of hydrogen-bond acceptors (Lipinski definition) is 4. The largest absolute Gasteiger partial charge is 0.399 e. The van der Waals surface area contributed by atoms with E-state index >= 15 is 0 Å². The van der Waals surface area contributed by atoms with Gasteiger partial charge < -0.3 is 21.5 Å². The number of benzene rings is 1. The Morgan fingerprint density at radius 1 is 1.56 bits per heavy atom. The molecule has 0 aliphatic carbocycles. The summed E-state index contributed by atoms with van der Waals surface area (Å²) >= 11 is 0. The summed E-state index contributed by atoms with van der Waals surface area (Å²) in [5.74, 6) is -0.0955. The molecule has 1 aromatic rings. The van der Waals surface area contributed by atoms with Crippen LogP contribution in [0, 0.1) is 5.92 Å². The van der Waals surface area contributed by atoms with Crippen LogP contribution in [0.5, 0.6) is 0 Å². The minimum Gasteiger partial charge on any atom is -0.399 e. The van der Waals surface area contributed by atoms with Crippen molar-refractivity contribution in [1.82, 2.24) is 0 Å². The smallest absolute Gasteiger partial charge is 0.250 e. The highest BCUT2D eigenvalue weighted by Crippen LogP contribution is 2.32. The van der Waals surface area contributed by atoms with Crippen molar-refractivity contribution >= 4 is 17.3 Å². The first-order valence-corrected chi connectivity index (χ1v) is 6.11. The molecule has 5 heteroatoms. The van der Waals surface area contributed by atoms with Crippen LogP contribution in [0.3, 0.4) is 0 Å². The predicted octanol–water partition coefficient (Wildman–Crippen LogP) is 0.575. The summed E-state index contributed by atoms with van der Waals surface area (Å²) in [5.41, 5.74) is 12.8. The lowest BCUT2D eigenvalue weighted by Crippen LogP contribution is -2.36. The Labute approximate surface area is 106 Å². The fourth-order valence-corrected chi connectivity index (χ4v) is 2.59. The van der Waals surface area contributed by atoms with Gasteiger partial charge in [-0.1, -0.05) is 6.92 Å². The molecule has 2 rings (SSSR count). The number of anilines is 2. The zero-order chi connectivity index (χ0) is 13.3. The SMILES string of the molecule is CC1CCN(c2ccc(N)cc2C(N)=O)C1CO. The fraction of sp³-hybridized carbons (Fsp3) is 0.462. The van der Waals surface area contributed by atoms with Crippen LogP contribution < -0.4 is 16.4 Å². The Morgan fingerprint density at radius 2 is 2.28 bits per heavy atom. The summed E-state index contributed by atoms with van der Waals surface area (Å²) in [5, 5.41) is 9.47. The molecule has 0 aromatic heterocycles. The number of carbonyl (C=O) groups is 1. The van der Waals surface area contributed by atoms with E-state index in [0.29, 0.717) is 17.2 Å². The summed E-state index contributed by atoms with van der Waals surface area (Å²) in [6.45, 7) is 2.99. The van der Waals surface area contributed by atoms with Crippen molar-refractivity contribution in [2.75, 3.05) is 23.8 Å². The topological polar surface area (TPSA) is 92.6 Å². The Bertz CT molecular complexity index is 462. The molecule has 1 aliphatic rings. The van der Waals surface area contributed by atoms with E-state index in [2.05, 4.69) is 6.92 Å². The molecular formula is C13H19N3O2. The summed E-state index contributed by atoms with van der Waals surface area (Å²) in [4.78, 5) is 13.5. The van der Waals surface area contributed by atoms with Crippen LogP contribution >= 0.6 is 0 Å². The quantitative estimate of drug-likeness (QED) is 0.683. The molecule has 0 saturated carbocycles. The maximum absolute atomic E-state index is 11.5. The van der Waals surface area contributed by atoms with Crippen LogP contribution in [0.25, 0.3) is 0 Å². The van der Waals surface area contributed by atoms with Crippen molar-refractivity contribution in [3.05, 3.63) is 23.8 Å². The summed E-state index contributed by atoms with van der Waals surface area (Å²) in [6, 6.07) is 5.18. The molecule has 5 N–H and O–H groups in total. The van der Waals surface area contributed by atoms with Crippen LogP contribution in [0.2, 0.25) is 0 Å². The van der Waals surface area contributed by atoms with Gasteiger partial charge in [0.2, 0.25) is 0 Å². The fourth-order valence-electron chi connectivity index (χ4n) is 2.59. The highest BCUT2D eigenvalue weighted by molar-refractivity contribution is 5.99. The molecule has 1 fully saturated rings. The third kappa shape index (κ3) is 2.13. The summed E-state index contributed by atoms with van der Waals surface area (Å²) in [6.07, 6.45) is 0.994. The number of rotatable bonds is 3. The average Bonchev–Trinajstić information content (AvgIpc) is 2.70. The second kappa shape index (κ2) is 4.86. The van der Waals surface area contributed by atoms with Gasteiger partial charge in [0, 0.05) is 17.9 Å². The molecule has 5 nitrogen and oxygen atoms in total. The van der Waals surface area contributed by atoms with Gasteiger partial charge in [0.25, 0.3) is 5.91 Å². The Morgan fingerprint density at radius 3 is 2.89 bits per heavy atom. The normalized spacial score (nSPS) is 23.3. The number of aliphatic hydroxyl groups is 1. The van der Waals surface area contributed by atoms with Gasteiger partial charge in [0.15, 0.2) is 0 Å². The molecule has 0 radical (unpaired) electrons. The Balaban J connectivity index is 2.41. The van der Waals surface area contributed by atoms with Gasteiger partial charge in [0.1, 0.15) is 0 Å². The molecule has 2 atom stereocenters. The van der Waals surface area contributed by atoms with Gasteiger partial charge in [-0.25, -0.2) is 0 Å². The standard InChI is InChI=1S/C13H19N3O2/c1-8-4-5-16(12(8)7-17)11-3-2-9(14)6-10(11)13(15)18/h2-3,6,8,12,17H,4-5,7,14H2,1H3,(H2,15,18). The van der Waals surface area contributed by atoms with Crippen molar-refractivity contribution in [3.8, 4) is 0 Å². The maximum atomic E-state index is 11.5. The lowest BCUT2D eigenvalue weighted by molar-refractivity contribution is 0.100. The number of nitrogen functional groups attached to an aromatic ring is 1. The molecule has 2 unspecified atom stereocenters. The molecule has 1 aromatic carbocycles. The number of aliphatic hydroxyl groups excluding tert-OH is 1.